The summed E-state index contributed by atoms with van der Waals surface area (Å²) in [7, 11) is 0. The number of nitrogen functional groups attached to an aromatic ring is 1. The third-order valence-corrected chi connectivity index (χ3v) is 4.34. The molecule has 1 aromatic carbocycles. The van der Waals surface area contributed by atoms with Gasteiger partial charge in [-0.3, -0.25) is 4.79 Å². The summed E-state index contributed by atoms with van der Waals surface area (Å²) in [4.78, 5) is 11.7. The van der Waals surface area contributed by atoms with E-state index >= 15 is 0 Å². The zero-order chi connectivity index (χ0) is 15.9. The number of nitrogens with two attached hydrogens (primary N) is 1. The normalized spacial score (nSPS) is 12.1. The molecule has 0 aliphatic carbocycles. The van der Waals surface area contributed by atoms with Gasteiger partial charge in [0, 0.05) is 12.6 Å². The number of carbonyl (C=O) groups excluding carboxylic acids is 1. The highest BCUT2D eigenvalue weighted by molar-refractivity contribution is 7.99. The SMILES string of the molecule is CS[C@@H](C)C(=O)NCCCc1cc(N)n(-c2ccccc2)n1. The van der Waals surface area contributed by atoms with Crippen LogP contribution in [0, 0.1) is 0 Å². The van der Waals surface area contributed by atoms with Gasteiger partial charge in [0.25, 0.3) is 0 Å². The van der Waals surface area contributed by atoms with Crippen molar-refractivity contribution >= 4 is 23.5 Å². The molecule has 1 aromatic heterocycles. The molecule has 0 fully saturated rings. The summed E-state index contributed by atoms with van der Waals surface area (Å²) in [5, 5.41) is 7.45. The van der Waals surface area contributed by atoms with Crippen LogP contribution in [0.5, 0.6) is 0 Å². The number of para-hydroxylation sites is 1. The zero-order valence-corrected chi connectivity index (χ0v) is 13.8. The summed E-state index contributed by atoms with van der Waals surface area (Å²) in [6.45, 7) is 2.56. The van der Waals surface area contributed by atoms with Gasteiger partial charge in [0.15, 0.2) is 0 Å². The molecule has 0 bridgehead atoms. The monoisotopic (exact) mass is 318 g/mol. The highest BCUT2D eigenvalue weighted by Gasteiger charge is 2.10. The number of nitrogens with zero attached hydrogens (tertiary/aromatic N) is 2. The Morgan fingerprint density at radius 1 is 1.41 bits per heavy atom. The molecule has 0 aliphatic rings. The Morgan fingerprint density at radius 3 is 2.82 bits per heavy atom. The van der Waals surface area contributed by atoms with Gasteiger partial charge in [0.1, 0.15) is 5.82 Å². The minimum absolute atomic E-state index is 0.00654. The molecular weight excluding hydrogens is 296 g/mol. The summed E-state index contributed by atoms with van der Waals surface area (Å²) >= 11 is 1.55. The number of aromatic nitrogens is 2. The van der Waals surface area contributed by atoms with E-state index in [0.717, 1.165) is 24.2 Å². The Kier molecular flexibility index (Phi) is 5.89. The number of carbonyl (C=O) groups is 1. The smallest absolute Gasteiger partial charge is 0.232 e. The fourth-order valence-electron chi connectivity index (χ4n) is 2.08. The second kappa shape index (κ2) is 7.89. The van der Waals surface area contributed by atoms with E-state index in [-0.39, 0.29) is 11.2 Å². The Morgan fingerprint density at radius 2 is 2.14 bits per heavy atom. The van der Waals surface area contributed by atoms with Crippen LogP contribution in [0.4, 0.5) is 5.82 Å². The van der Waals surface area contributed by atoms with Crippen LogP contribution in [0.25, 0.3) is 5.69 Å². The summed E-state index contributed by atoms with van der Waals surface area (Å²) in [5.41, 5.74) is 7.90. The standard InChI is InChI=1S/C16H22N4OS/c1-12(22-2)16(21)18-10-6-7-13-11-15(17)20(19-13)14-8-4-3-5-9-14/h3-5,8-9,11-12H,6-7,10,17H2,1-2H3,(H,18,21)/t12-/m0/s1. The van der Waals surface area contributed by atoms with Crippen LogP contribution < -0.4 is 11.1 Å². The molecule has 2 aromatic rings. The lowest BCUT2D eigenvalue weighted by Crippen LogP contribution is -2.31. The van der Waals surface area contributed by atoms with Crippen LogP contribution in [0.15, 0.2) is 36.4 Å². The van der Waals surface area contributed by atoms with Gasteiger partial charge in [-0.25, -0.2) is 4.68 Å². The minimum Gasteiger partial charge on any atom is -0.384 e. The molecule has 0 radical (unpaired) electrons. The fraction of sp³-hybridized carbons (Fsp3) is 0.375. The van der Waals surface area contributed by atoms with Crippen molar-refractivity contribution in [2.75, 3.05) is 18.5 Å². The Hall–Kier alpha value is -1.95. The largest absolute Gasteiger partial charge is 0.384 e. The van der Waals surface area contributed by atoms with E-state index < -0.39 is 0 Å². The van der Waals surface area contributed by atoms with Crippen molar-refractivity contribution in [1.29, 1.82) is 0 Å². The van der Waals surface area contributed by atoms with E-state index in [1.807, 2.05) is 49.6 Å². The van der Waals surface area contributed by atoms with Crippen LogP contribution >= 0.6 is 11.8 Å². The summed E-state index contributed by atoms with van der Waals surface area (Å²) in [5.74, 6) is 0.711. The molecule has 0 saturated heterocycles. The zero-order valence-electron chi connectivity index (χ0n) is 13.0. The van der Waals surface area contributed by atoms with E-state index in [9.17, 15) is 4.79 Å². The van der Waals surface area contributed by atoms with Crippen LogP contribution in [-0.4, -0.2) is 33.7 Å². The molecule has 1 heterocycles. The number of aryl methyl sites for hydroxylation is 1. The predicted molar refractivity (Wildman–Crippen MR) is 92.3 cm³/mol. The summed E-state index contributed by atoms with van der Waals surface area (Å²) < 4.78 is 1.74. The lowest BCUT2D eigenvalue weighted by Gasteiger charge is -2.08. The van der Waals surface area contributed by atoms with E-state index in [2.05, 4.69) is 10.4 Å². The number of benzene rings is 1. The highest BCUT2D eigenvalue weighted by Crippen LogP contribution is 2.15. The fourth-order valence-corrected chi connectivity index (χ4v) is 2.37. The lowest BCUT2D eigenvalue weighted by molar-refractivity contribution is -0.120. The number of nitrogens with one attached hydrogen (secondary N) is 1. The van der Waals surface area contributed by atoms with E-state index in [1.54, 1.807) is 16.4 Å². The van der Waals surface area contributed by atoms with Gasteiger partial charge in [-0.15, -0.1) is 0 Å². The molecule has 0 spiro atoms. The van der Waals surface area contributed by atoms with Gasteiger partial charge in [-0.1, -0.05) is 18.2 Å². The van der Waals surface area contributed by atoms with Crippen molar-refractivity contribution in [3.8, 4) is 5.69 Å². The van der Waals surface area contributed by atoms with Crippen molar-refractivity contribution in [3.63, 3.8) is 0 Å². The van der Waals surface area contributed by atoms with Crippen molar-refractivity contribution in [2.24, 2.45) is 0 Å². The summed E-state index contributed by atoms with van der Waals surface area (Å²) in [6.07, 6.45) is 3.57. The molecule has 2 rings (SSSR count). The first-order chi connectivity index (χ1) is 10.6. The maximum atomic E-state index is 11.7. The Labute approximate surface area is 135 Å². The first kappa shape index (κ1) is 16.4. The van der Waals surface area contributed by atoms with E-state index in [1.165, 1.54) is 0 Å². The quantitative estimate of drug-likeness (QED) is 0.768. The second-order valence-electron chi connectivity index (χ2n) is 5.08. The molecule has 0 aliphatic heterocycles. The molecule has 0 saturated carbocycles. The second-order valence-corrected chi connectivity index (χ2v) is 6.26. The Balaban J connectivity index is 1.86. The van der Waals surface area contributed by atoms with Crippen molar-refractivity contribution in [3.05, 3.63) is 42.1 Å². The molecule has 5 nitrogen and oxygen atoms in total. The first-order valence-corrected chi connectivity index (χ1v) is 8.61. The number of amides is 1. The average Bonchev–Trinajstić information content (AvgIpc) is 2.92. The molecular formula is C16H22N4OS. The van der Waals surface area contributed by atoms with Gasteiger partial charge in [-0.05, 0) is 38.2 Å². The van der Waals surface area contributed by atoms with Crippen molar-refractivity contribution < 1.29 is 4.79 Å². The molecule has 6 heteroatoms. The number of thioether (sulfide) groups is 1. The lowest BCUT2D eigenvalue weighted by atomic mass is 10.2. The predicted octanol–water partition coefficient (Wildman–Crippen LogP) is 2.25. The summed E-state index contributed by atoms with van der Waals surface area (Å²) in [6, 6.07) is 11.7. The van der Waals surface area contributed by atoms with Crippen LogP contribution in [0.3, 0.4) is 0 Å². The maximum absolute atomic E-state index is 11.7. The van der Waals surface area contributed by atoms with Gasteiger partial charge in [0.05, 0.1) is 16.6 Å². The van der Waals surface area contributed by atoms with Crippen LogP contribution in [0.2, 0.25) is 0 Å². The molecule has 118 valence electrons. The maximum Gasteiger partial charge on any atom is 0.232 e. The number of rotatable bonds is 7. The average molecular weight is 318 g/mol. The highest BCUT2D eigenvalue weighted by atomic mass is 32.2. The molecule has 0 unspecified atom stereocenters. The van der Waals surface area contributed by atoms with Gasteiger partial charge in [0.2, 0.25) is 5.91 Å². The third-order valence-electron chi connectivity index (χ3n) is 3.42. The molecule has 1 atom stereocenters. The number of hydrogen-bond acceptors (Lipinski definition) is 4. The minimum atomic E-state index is -0.00654. The first-order valence-electron chi connectivity index (χ1n) is 7.32. The van der Waals surface area contributed by atoms with E-state index in [4.69, 9.17) is 5.73 Å². The Bertz CT molecular complexity index is 612. The van der Waals surface area contributed by atoms with Crippen molar-refractivity contribution in [2.45, 2.75) is 25.0 Å². The van der Waals surface area contributed by atoms with Crippen LogP contribution in [-0.2, 0) is 11.2 Å². The van der Waals surface area contributed by atoms with E-state index in [0.29, 0.717) is 12.4 Å². The van der Waals surface area contributed by atoms with Gasteiger partial charge >= 0.3 is 0 Å². The van der Waals surface area contributed by atoms with Crippen molar-refractivity contribution in [1.82, 2.24) is 15.1 Å². The molecule has 22 heavy (non-hydrogen) atoms. The van der Waals surface area contributed by atoms with Crippen LogP contribution in [0.1, 0.15) is 19.0 Å². The molecule has 1 amide bonds. The number of hydrogen-bond donors (Lipinski definition) is 2. The third kappa shape index (κ3) is 4.27. The van der Waals surface area contributed by atoms with Gasteiger partial charge < -0.3 is 11.1 Å². The van der Waals surface area contributed by atoms with Gasteiger partial charge in [-0.2, -0.15) is 16.9 Å². The molecule has 3 N–H and O–H groups in total. The topological polar surface area (TPSA) is 72.9 Å². The number of anilines is 1.